The van der Waals surface area contributed by atoms with E-state index in [-0.39, 0.29) is 11.3 Å². The van der Waals surface area contributed by atoms with Gasteiger partial charge in [-0.15, -0.1) is 5.10 Å². The van der Waals surface area contributed by atoms with Crippen molar-refractivity contribution in [3.05, 3.63) is 58.1 Å². The van der Waals surface area contributed by atoms with E-state index in [0.717, 1.165) is 11.8 Å². The first-order valence-corrected chi connectivity index (χ1v) is 7.74. The zero-order valence-corrected chi connectivity index (χ0v) is 13.7. The maximum absolute atomic E-state index is 10.8. The molecule has 0 aliphatic heterocycles. The SMILES string of the molecule is COc1ccccc1-n1nnnc1Sc1ccc([N+](=O)[O-])cc1C#N. The Morgan fingerprint density at radius 3 is 2.84 bits per heavy atom. The summed E-state index contributed by atoms with van der Waals surface area (Å²) in [5, 5.41) is 32.1. The third kappa shape index (κ3) is 3.26. The highest BCUT2D eigenvalue weighted by Crippen LogP contribution is 2.33. The number of nitro benzene ring substituents is 1. The summed E-state index contributed by atoms with van der Waals surface area (Å²) in [6.07, 6.45) is 0. The van der Waals surface area contributed by atoms with Crippen LogP contribution in [0.2, 0.25) is 0 Å². The van der Waals surface area contributed by atoms with Crippen LogP contribution in [0.1, 0.15) is 5.56 Å². The number of methoxy groups -OCH3 is 1. The molecule has 124 valence electrons. The molecule has 0 atom stereocenters. The van der Waals surface area contributed by atoms with Crippen molar-refractivity contribution in [3.8, 4) is 17.5 Å². The number of tetrazole rings is 1. The lowest BCUT2D eigenvalue weighted by Crippen LogP contribution is -2.01. The van der Waals surface area contributed by atoms with E-state index in [4.69, 9.17) is 4.74 Å². The van der Waals surface area contributed by atoms with Crippen molar-refractivity contribution in [1.29, 1.82) is 5.26 Å². The predicted molar refractivity (Wildman–Crippen MR) is 87.6 cm³/mol. The largest absolute Gasteiger partial charge is 0.494 e. The summed E-state index contributed by atoms with van der Waals surface area (Å²) in [4.78, 5) is 10.8. The number of hydrogen-bond donors (Lipinski definition) is 0. The summed E-state index contributed by atoms with van der Waals surface area (Å²) in [6.45, 7) is 0. The van der Waals surface area contributed by atoms with Gasteiger partial charge in [-0.05, 0) is 40.4 Å². The molecule has 0 radical (unpaired) electrons. The van der Waals surface area contributed by atoms with Crippen LogP contribution >= 0.6 is 11.8 Å². The Morgan fingerprint density at radius 1 is 1.32 bits per heavy atom. The van der Waals surface area contributed by atoms with Crippen LogP contribution in [0.25, 0.3) is 5.69 Å². The van der Waals surface area contributed by atoms with Crippen LogP contribution in [0.3, 0.4) is 0 Å². The van der Waals surface area contributed by atoms with Gasteiger partial charge in [0, 0.05) is 17.0 Å². The van der Waals surface area contributed by atoms with Crippen molar-refractivity contribution in [1.82, 2.24) is 20.2 Å². The molecule has 0 aliphatic carbocycles. The third-order valence-corrected chi connectivity index (χ3v) is 4.26. The molecule has 9 nitrogen and oxygen atoms in total. The first-order chi connectivity index (χ1) is 12.1. The molecule has 10 heteroatoms. The highest BCUT2D eigenvalue weighted by Gasteiger charge is 2.17. The highest BCUT2D eigenvalue weighted by atomic mass is 32.2. The highest BCUT2D eigenvalue weighted by molar-refractivity contribution is 7.99. The Balaban J connectivity index is 2.00. The van der Waals surface area contributed by atoms with Gasteiger partial charge in [0.1, 0.15) is 17.5 Å². The third-order valence-electron chi connectivity index (χ3n) is 3.25. The number of hydrogen-bond acceptors (Lipinski definition) is 8. The van der Waals surface area contributed by atoms with Crippen molar-refractivity contribution in [2.75, 3.05) is 7.11 Å². The van der Waals surface area contributed by atoms with Crippen molar-refractivity contribution in [2.45, 2.75) is 10.1 Å². The lowest BCUT2D eigenvalue weighted by molar-refractivity contribution is -0.384. The fourth-order valence-electron chi connectivity index (χ4n) is 2.10. The molecule has 2 aromatic carbocycles. The molecule has 0 amide bonds. The Bertz CT molecular complexity index is 981. The van der Waals surface area contributed by atoms with E-state index in [2.05, 4.69) is 15.5 Å². The Hall–Kier alpha value is -3.45. The van der Waals surface area contributed by atoms with Crippen LogP contribution in [0.4, 0.5) is 5.69 Å². The van der Waals surface area contributed by atoms with E-state index < -0.39 is 4.92 Å². The second-order valence-electron chi connectivity index (χ2n) is 4.70. The zero-order chi connectivity index (χ0) is 17.8. The second kappa shape index (κ2) is 6.98. The Kier molecular flexibility index (Phi) is 4.58. The molecule has 0 spiro atoms. The number of rotatable bonds is 5. The summed E-state index contributed by atoms with van der Waals surface area (Å²) in [6, 6.07) is 13.2. The molecule has 0 N–H and O–H groups in total. The van der Waals surface area contributed by atoms with Gasteiger partial charge >= 0.3 is 0 Å². The molecule has 0 bridgehead atoms. The number of ether oxygens (including phenoxy) is 1. The summed E-state index contributed by atoms with van der Waals surface area (Å²) in [5.41, 5.74) is 0.664. The molecule has 1 heterocycles. The maximum Gasteiger partial charge on any atom is 0.270 e. The molecule has 0 saturated carbocycles. The molecule has 0 unspecified atom stereocenters. The van der Waals surface area contributed by atoms with E-state index in [0.29, 0.717) is 21.5 Å². The summed E-state index contributed by atoms with van der Waals surface area (Å²) < 4.78 is 6.79. The fourth-order valence-corrected chi connectivity index (χ4v) is 2.95. The van der Waals surface area contributed by atoms with Crippen LogP contribution in [-0.4, -0.2) is 32.2 Å². The normalized spacial score (nSPS) is 10.2. The quantitative estimate of drug-likeness (QED) is 0.506. The Morgan fingerprint density at radius 2 is 2.12 bits per heavy atom. The van der Waals surface area contributed by atoms with E-state index >= 15 is 0 Å². The summed E-state index contributed by atoms with van der Waals surface area (Å²) >= 11 is 1.13. The van der Waals surface area contributed by atoms with Crippen molar-refractivity contribution in [2.24, 2.45) is 0 Å². The molecule has 0 aliphatic rings. The monoisotopic (exact) mass is 354 g/mol. The second-order valence-corrected chi connectivity index (χ2v) is 5.71. The fraction of sp³-hybridized carbons (Fsp3) is 0.0667. The van der Waals surface area contributed by atoms with E-state index in [1.165, 1.54) is 22.9 Å². The number of nitro groups is 1. The number of benzene rings is 2. The van der Waals surface area contributed by atoms with Crippen LogP contribution in [0.15, 0.2) is 52.5 Å². The van der Waals surface area contributed by atoms with Crippen molar-refractivity contribution >= 4 is 17.4 Å². The molecule has 0 fully saturated rings. The minimum atomic E-state index is -0.547. The van der Waals surface area contributed by atoms with Crippen LogP contribution in [0, 0.1) is 21.4 Å². The number of nitriles is 1. The number of nitrogens with zero attached hydrogens (tertiary/aromatic N) is 6. The summed E-state index contributed by atoms with van der Waals surface area (Å²) in [7, 11) is 1.54. The van der Waals surface area contributed by atoms with Gasteiger partial charge in [0.25, 0.3) is 5.69 Å². The predicted octanol–water partition coefficient (Wildman–Crippen LogP) is 2.60. The number of para-hydroxylation sites is 2. The number of aromatic nitrogens is 4. The van der Waals surface area contributed by atoms with Gasteiger partial charge in [-0.2, -0.15) is 9.94 Å². The molecule has 3 aromatic rings. The molecule has 1 aromatic heterocycles. The molecule has 0 saturated heterocycles. The van der Waals surface area contributed by atoms with Crippen LogP contribution < -0.4 is 4.74 Å². The van der Waals surface area contributed by atoms with Gasteiger partial charge in [0.2, 0.25) is 5.16 Å². The van der Waals surface area contributed by atoms with Gasteiger partial charge in [-0.3, -0.25) is 10.1 Å². The minimum Gasteiger partial charge on any atom is -0.494 e. The van der Waals surface area contributed by atoms with Crippen molar-refractivity contribution < 1.29 is 9.66 Å². The first kappa shape index (κ1) is 16.4. The number of non-ortho nitro benzene ring substituents is 1. The van der Waals surface area contributed by atoms with Crippen molar-refractivity contribution in [3.63, 3.8) is 0 Å². The lowest BCUT2D eigenvalue weighted by atomic mass is 10.2. The maximum atomic E-state index is 10.8. The minimum absolute atomic E-state index is 0.148. The lowest BCUT2D eigenvalue weighted by Gasteiger charge is -2.09. The van der Waals surface area contributed by atoms with Gasteiger partial charge < -0.3 is 4.74 Å². The Labute approximate surface area is 146 Å². The molecule has 25 heavy (non-hydrogen) atoms. The summed E-state index contributed by atoms with van der Waals surface area (Å²) in [5.74, 6) is 0.584. The first-order valence-electron chi connectivity index (χ1n) is 6.92. The van der Waals surface area contributed by atoms with Gasteiger partial charge in [-0.25, -0.2) is 0 Å². The topological polar surface area (TPSA) is 120 Å². The van der Waals surface area contributed by atoms with E-state index in [1.807, 2.05) is 18.2 Å². The average molecular weight is 354 g/mol. The smallest absolute Gasteiger partial charge is 0.270 e. The zero-order valence-electron chi connectivity index (χ0n) is 12.9. The van der Waals surface area contributed by atoms with Crippen LogP contribution in [-0.2, 0) is 0 Å². The molecular formula is C15H10N6O3S. The van der Waals surface area contributed by atoms with Gasteiger partial charge in [-0.1, -0.05) is 12.1 Å². The van der Waals surface area contributed by atoms with E-state index in [9.17, 15) is 15.4 Å². The molecular weight excluding hydrogens is 344 g/mol. The van der Waals surface area contributed by atoms with Crippen LogP contribution in [0.5, 0.6) is 5.75 Å². The standard InChI is InChI=1S/C15H10N6O3S/c1-24-13-5-3-2-4-12(13)20-15(17-18-19-20)25-14-7-6-11(21(22)23)8-10(14)9-16/h2-8H,1H3. The van der Waals surface area contributed by atoms with Gasteiger partial charge in [0.05, 0.1) is 17.6 Å². The average Bonchev–Trinajstić information content (AvgIpc) is 3.09. The van der Waals surface area contributed by atoms with Gasteiger partial charge in [0.15, 0.2) is 0 Å². The molecule has 3 rings (SSSR count). The van der Waals surface area contributed by atoms with E-state index in [1.54, 1.807) is 19.2 Å².